The van der Waals surface area contributed by atoms with Gasteiger partial charge in [-0.2, -0.15) is 0 Å². The van der Waals surface area contributed by atoms with Crippen molar-refractivity contribution in [3.8, 4) is 0 Å². The third-order valence-electron chi connectivity index (χ3n) is 2.95. The van der Waals surface area contributed by atoms with E-state index in [-0.39, 0.29) is 12.3 Å². The minimum Gasteiger partial charge on any atom is -0.481 e. The number of carbonyl (C=O) groups is 1. The van der Waals surface area contributed by atoms with Gasteiger partial charge in [0.15, 0.2) is 0 Å². The molecule has 0 saturated heterocycles. The van der Waals surface area contributed by atoms with E-state index in [2.05, 4.69) is 0 Å². The fourth-order valence-electron chi connectivity index (χ4n) is 2.25. The summed E-state index contributed by atoms with van der Waals surface area (Å²) in [5, 5.41) is 31.2. The van der Waals surface area contributed by atoms with Gasteiger partial charge in [-0.1, -0.05) is 19.9 Å². The minimum absolute atomic E-state index is 0.0847. The average molecular weight is 270 g/mol. The van der Waals surface area contributed by atoms with Crippen molar-refractivity contribution in [2.75, 3.05) is 0 Å². The first-order valence-electron chi connectivity index (χ1n) is 5.63. The van der Waals surface area contributed by atoms with Gasteiger partial charge >= 0.3 is 5.97 Å². The van der Waals surface area contributed by atoms with Gasteiger partial charge in [-0.05, 0) is 5.92 Å². The number of rotatable bonds is 5. The topological polar surface area (TPSA) is 124 Å². The maximum absolute atomic E-state index is 11.3. The molecule has 8 nitrogen and oxygen atoms in total. The van der Waals surface area contributed by atoms with Gasteiger partial charge in [-0.15, -0.1) is 0 Å². The van der Waals surface area contributed by atoms with Crippen LogP contribution in [0.15, 0.2) is 23.9 Å². The highest BCUT2D eigenvalue weighted by molar-refractivity contribution is 5.75. The van der Waals surface area contributed by atoms with E-state index in [0.29, 0.717) is 0 Å². The van der Waals surface area contributed by atoms with E-state index in [1.807, 2.05) is 0 Å². The average Bonchev–Trinajstić information content (AvgIpc) is 2.26. The SMILES string of the molecule is CC(C)CC1([N+](=O)[O-])C=C([N+](=O)[O-])C=CC1C(=O)O. The van der Waals surface area contributed by atoms with Crippen molar-refractivity contribution in [1.82, 2.24) is 0 Å². The first-order valence-corrected chi connectivity index (χ1v) is 5.63. The Morgan fingerprint density at radius 3 is 2.42 bits per heavy atom. The molecule has 0 heterocycles. The standard InChI is InChI=1S/C11H14N2O6/c1-7(2)5-11(13(18)19)6-8(12(16)17)3-4-9(11)10(14)15/h3-4,6-7,9H,5H2,1-2H3,(H,14,15). The van der Waals surface area contributed by atoms with E-state index < -0.39 is 33.0 Å². The number of carboxylic acid groups (broad SMARTS) is 1. The molecule has 0 bridgehead atoms. The second kappa shape index (κ2) is 5.17. The predicted molar refractivity (Wildman–Crippen MR) is 64.5 cm³/mol. The number of allylic oxidation sites excluding steroid dienone is 1. The second-order valence-electron chi connectivity index (χ2n) is 4.85. The maximum Gasteiger partial charge on any atom is 0.318 e. The molecular formula is C11H14N2O6. The molecule has 0 aromatic rings. The number of aliphatic carboxylic acids is 1. The van der Waals surface area contributed by atoms with Crippen LogP contribution in [-0.2, 0) is 4.79 Å². The van der Waals surface area contributed by atoms with Crippen LogP contribution in [0.25, 0.3) is 0 Å². The fourth-order valence-corrected chi connectivity index (χ4v) is 2.25. The highest BCUT2D eigenvalue weighted by atomic mass is 16.6. The Bertz CT molecular complexity index is 482. The van der Waals surface area contributed by atoms with Gasteiger partial charge in [0, 0.05) is 17.4 Å². The lowest BCUT2D eigenvalue weighted by atomic mass is 9.75. The molecule has 0 aromatic heterocycles. The molecule has 19 heavy (non-hydrogen) atoms. The third-order valence-corrected chi connectivity index (χ3v) is 2.95. The summed E-state index contributed by atoms with van der Waals surface area (Å²) >= 11 is 0. The van der Waals surface area contributed by atoms with Crippen LogP contribution in [-0.4, -0.2) is 26.5 Å². The third kappa shape index (κ3) is 2.78. The number of hydrogen-bond acceptors (Lipinski definition) is 5. The van der Waals surface area contributed by atoms with Crippen molar-refractivity contribution in [1.29, 1.82) is 0 Å². The van der Waals surface area contributed by atoms with Gasteiger partial charge in [-0.25, -0.2) is 0 Å². The molecule has 0 aromatic carbocycles. The fraction of sp³-hybridized carbons (Fsp3) is 0.545. The van der Waals surface area contributed by atoms with E-state index in [1.54, 1.807) is 13.8 Å². The second-order valence-corrected chi connectivity index (χ2v) is 4.85. The van der Waals surface area contributed by atoms with Crippen molar-refractivity contribution in [3.05, 3.63) is 44.2 Å². The molecule has 8 heteroatoms. The van der Waals surface area contributed by atoms with Crippen LogP contribution in [0.3, 0.4) is 0 Å². The van der Waals surface area contributed by atoms with Gasteiger partial charge in [0.05, 0.1) is 11.0 Å². The zero-order valence-electron chi connectivity index (χ0n) is 10.5. The molecule has 104 valence electrons. The monoisotopic (exact) mass is 270 g/mol. The minimum atomic E-state index is -1.98. The van der Waals surface area contributed by atoms with Crippen molar-refractivity contribution in [2.45, 2.75) is 25.8 Å². The number of nitrogens with zero attached hydrogens (tertiary/aromatic N) is 2. The lowest BCUT2D eigenvalue weighted by Crippen LogP contribution is -2.49. The van der Waals surface area contributed by atoms with Crippen molar-refractivity contribution in [3.63, 3.8) is 0 Å². The summed E-state index contributed by atoms with van der Waals surface area (Å²) < 4.78 is 0. The van der Waals surface area contributed by atoms with Crippen molar-refractivity contribution in [2.24, 2.45) is 11.8 Å². The molecule has 2 unspecified atom stereocenters. The van der Waals surface area contributed by atoms with E-state index in [4.69, 9.17) is 5.11 Å². The summed E-state index contributed by atoms with van der Waals surface area (Å²) in [5.74, 6) is -2.95. The first-order chi connectivity index (χ1) is 8.70. The Morgan fingerprint density at radius 1 is 1.47 bits per heavy atom. The normalized spacial score (nSPS) is 26.1. The smallest absolute Gasteiger partial charge is 0.318 e. The highest BCUT2D eigenvalue weighted by Crippen LogP contribution is 2.36. The summed E-state index contributed by atoms with van der Waals surface area (Å²) in [7, 11) is 0. The molecule has 0 spiro atoms. The Morgan fingerprint density at radius 2 is 2.05 bits per heavy atom. The van der Waals surface area contributed by atoms with Gasteiger partial charge in [0.2, 0.25) is 0 Å². The van der Waals surface area contributed by atoms with Gasteiger partial charge in [0.1, 0.15) is 5.92 Å². The summed E-state index contributed by atoms with van der Waals surface area (Å²) in [6, 6.07) is 0. The van der Waals surface area contributed by atoms with Gasteiger partial charge in [-0.3, -0.25) is 25.0 Å². The van der Waals surface area contributed by atoms with Crippen LogP contribution in [0.2, 0.25) is 0 Å². The maximum atomic E-state index is 11.3. The van der Waals surface area contributed by atoms with Crippen molar-refractivity contribution >= 4 is 5.97 Å². The lowest BCUT2D eigenvalue weighted by Gasteiger charge is -2.29. The van der Waals surface area contributed by atoms with Crippen LogP contribution in [0.1, 0.15) is 20.3 Å². The Kier molecular flexibility index (Phi) is 4.03. The Balaban J connectivity index is 3.39. The molecule has 1 N–H and O–H groups in total. The summed E-state index contributed by atoms with van der Waals surface area (Å²) in [6.45, 7) is 3.39. The Hall–Kier alpha value is -2.25. The molecule has 0 amide bonds. The van der Waals surface area contributed by atoms with Crippen LogP contribution < -0.4 is 0 Å². The molecule has 2 atom stereocenters. The molecule has 1 aliphatic rings. The first kappa shape index (κ1) is 14.8. The van der Waals surface area contributed by atoms with E-state index in [1.165, 1.54) is 0 Å². The molecule has 0 radical (unpaired) electrons. The summed E-state index contributed by atoms with van der Waals surface area (Å²) in [5.41, 5.74) is -2.42. The molecule has 0 saturated carbocycles. The van der Waals surface area contributed by atoms with Crippen LogP contribution in [0, 0.1) is 32.1 Å². The summed E-state index contributed by atoms with van der Waals surface area (Å²) in [4.78, 5) is 31.8. The number of hydrogen-bond donors (Lipinski definition) is 1. The zero-order valence-corrected chi connectivity index (χ0v) is 10.5. The molecule has 0 aliphatic heterocycles. The van der Waals surface area contributed by atoms with Crippen LogP contribution in [0.5, 0.6) is 0 Å². The predicted octanol–water partition coefficient (Wildman–Crippen LogP) is 1.48. The summed E-state index contributed by atoms with van der Waals surface area (Å²) in [6.07, 6.45) is 2.79. The van der Waals surface area contributed by atoms with E-state index >= 15 is 0 Å². The highest BCUT2D eigenvalue weighted by Gasteiger charge is 2.54. The quantitative estimate of drug-likeness (QED) is 0.596. The molecule has 1 rings (SSSR count). The largest absolute Gasteiger partial charge is 0.481 e. The Labute approximate surface area is 108 Å². The molecular weight excluding hydrogens is 256 g/mol. The van der Waals surface area contributed by atoms with Gasteiger partial charge in [0.25, 0.3) is 11.2 Å². The lowest BCUT2D eigenvalue weighted by molar-refractivity contribution is -0.565. The molecule has 0 fully saturated rings. The number of nitro groups is 2. The molecule has 1 aliphatic carbocycles. The zero-order chi connectivity index (χ0) is 14.8. The van der Waals surface area contributed by atoms with Crippen LogP contribution >= 0.6 is 0 Å². The number of carboxylic acids is 1. The van der Waals surface area contributed by atoms with E-state index in [9.17, 15) is 25.0 Å². The van der Waals surface area contributed by atoms with E-state index in [0.717, 1.165) is 18.2 Å². The van der Waals surface area contributed by atoms with Crippen molar-refractivity contribution < 1.29 is 19.7 Å². The van der Waals surface area contributed by atoms with Gasteiger partial charge < -0.3 is 5.11 Å². The van der Waals surface area contributed by atoms with Crippen LogP contribution in [0.4, 0.5) is 0 Å².